The first-order valence-corrected chi connectivity index (χ1v) is 16.4. The number of amides is 3. The van der Waals surface area contributed by atoms with Gasteiger partial charge in [-0.1, -0.05) is 37.6 Å². The molecule has 2 aromatic carbocycles. The van der Waals surface area contributed by atoms with Crippen LogP contribution >= 0.6 is 11.6 Å². The predicted molar refractivity (Wildman–Crippen MR) is 179 cm³/mol. The molecular formula is C36H44ClN3O6. The van der Waals surface area contributed by atoms with Gasteiger partial charge in [0.15, 0.2) is 0 Å². The Balaban J connectivity index is 1.62. The molecule has 246 valence electrons. The molecule has 3 unspecified atom stereocenters. The molecule has 0 saturated carbocycles. The summed E-state index contributed by atoms with van der Waals surface area (Å²) in [6.07, 6.45) is 4.10. The molecule has 9 nitrogen and oxygen atoms in total. The Morgan fingerprint density at radius 2 is 1.63 bits per heavy atom. The Hall–Kier alpha value is -3.66. The van der Waals surface area contributed by atoms with Gasteiger partial charge >= 0.3 is 0 Å². The largest absolute Gasteiger partial charge is 0.494 e. The first kappa shape index (κ1) is 33.7. The fraction of sp³-hybridized carbons (Fsp3) is 0.472. The van der Waals surface area contributed by atoms with Gasteiger partial charge in [0.25, 0.3) is 5.91 Å². The zero-order chi connectivity index (χ0) is 33.4. The lowest BCUT2D eigenvalue weighted by Crippen LogP contribution is -2.59. The average molecular weight is 650 g/mol. The quantitative estimate of drug-likeness (QED) is 0.297. The Labute approximate surface area is 276 Å². The number of aliphatic hydroxyl groups excluding tert-OH is 1. The molecule has 0 aromatic heterocycles. The summed E-state index contributed by atoms with van der Waals surface area (Å²) in [5.41, 5.74) is -1.07. The van der Waals surface area contributed by atoms with E-state index in [1.165, 1.54) is 4.90 Å². The summed E-state index contributed by atoms with van der Waals surface area (Å²) >= 11 is 6.16. The van der Waals surface area contributed by atoms with Crippen LogP contribution in [0.25, 0.3) is 0 Å². The summed E-state index contributed by atoms with van der Waals surface area (Å²) in [5, 5.41) is 11.0. The van der Waals surface area contributed by atoms with Crippen molar-refractivity contribution in [2.24, 2.45) is 17.8 Å². The molecule has 10 heteroatoms. The number of carbonyl (C=O) groups excluding carboxylic acids is 3. The van der Waals surface area contributed by atoms with Gasteiger partial charge in [0.05, 0.1) is 36.7 Å². The predicted octanol–water partition coefficient (Wildman–Crippen LogP) is 5.26. The summed E-state index contributed by atoms with van der Waals surface area (Å²) in [7, 11) is 0. The molecule has 3 aliphatic rings. The number of hydrogen-bond acceptors (Lipinski definition) is 6. The number of hydrogen-bond donors (Lipinski definition) is 1. The van der Waals surface area contributed by atoms with Crippen LogP contribution in [-0.2, 0) is 19.1 Å². The van der Waals surface area contributed by atoms with Gasteiger partial charge in [-0.2, -0.15) is 0 Å². The van der Waals surface area contributed by atoms with E-state index in [0.717, 1.165) is 0 Å². The van der Waals surface area contributed by atoms with E-state index in [1.54, 1.807) is 58.4 Å². The maximum absolute atomic E-state index is 14.8. The number of nitrogens with zero attached hydrogens (tertiary/aromatic N) is 3. The van der Waals surface area contributed by atoms with E-state index >= 15 is 0 Å². The van der Waals surface area contributed by atoms with Crippen molar-refractivity contribution < 1.29 is 29.0 Å². The smallest absolute Gasteiger partial charge is 0.253 e. The van der Waals surface area contributed by atoms with E-state index in [1.807, 2.05) is 39.8 Å². The fourth-order valence-electron chi connectivity index (χ4n) is 7.87. The summed E-state index contributed by atoms with van der Waals surface area (Å²) in [4.78, 5) is 49.0. The lowest BCUT2D eigenvalue weighted by molar-refractivity contribution is -0.149. The highest BCUT2D eigenvalue weighted by Crippen LogP contribution is 2.66. The number of likely N-dealkylation sites (tertiary alicyclic amines) is 1. The van der Waals surface area contributed by atoms with Gasteiger partial charge in [-0.05, 0) is 81.1 Å². The van der Waals surface area contributed by atoms with Gasteiger partial charge in [0, 0.05) is 29.5 Å². The third-order valence-electron chi connectivity index (χ3n) is 10.1. The van der Waals surface area contributed by atoms with Gasteiger partial charge < -0.3 is 29.3 Å². The number of carbonyl (C=O) groups is 3. The van der Waals surface area contributed by atoms with Crippen molar-refractivity contribution >= 4 is 40.7 Å². The Bertz CT molecular complexity index is 1480. The molecule has 3 fully saturated rings. The maximum atomic E-state index is 14.8. The molecule has 1 N–H and O–H groups in total. The third-order valence-corrected chi connectivity index (χ3v) is 10.3. The topological polar surface area (TPSA) is 99.6 Å². The molecule has 7 atom stereocenters. The van der Waals surface area contributed by atoms with E-state index in [0.29, 0.717) is 41.6 Å². The number of benzene rings is 2. The van der Waals surface area contributed by atoms with Crippen LogP contribution in [0.2, 0.25) is 5.02 Å². The highest BCUT2D eigenvalue weighted by molar-refractivity contribution is 6.30. The molecule has 3 heterocycles. The van der Waals surface area contributed by atoms with Crippen LogP contribution in [0.15, 0.2) is 73.8 Å². The lowest BCUT2D eigenvalue weighted by atomic mass is 9.62. The Kier molecular flexibility index (Phi) is 9.68. The first-order chi connectivity index (χ1) is 22.0. The second-order valence-corrected chi connectivity index (χ2v) is 13.0. The fourth-order valence-corrected chi connectivity index (χ4v) is 7.99. The zero-order valence-corrected chi connectivity index (χ0v) is 27.8. The third kappa shape index (κ3) is 5.32. The van der Waals surface area contributed by atoms with Crippen LogP contribution in [0, 0.1) is 17.8 Å². The van der Waals surface area contributed by atoms with Crippen molar-refractivity contribution in [3.05, 3.63) is 78.9 Å². The van der Waals surface area contributed by atoms with Crippen molar-refractivity contribution in [2.45, 2.75) is 63.8 Å². The van der Waals surface area contributed by atoms with Crippen molar-refractivity contribution in [1.82, 2.24) is 4.90 Å². The number of ether oxygens (including phenoxy) is 2. The minimum absolute atomic E-state index is 0.149. The lowest BCUT2D eigenvalue weighted by Gasteiger charge is -2.39. The van der Waals surface area contributed by atoms with E-state index in [9.17, 15) is 19.5 Å². The molecular weight excluding hydrogens is 606 g/mol. The van der Waals surface area contributed by atoms with E-state index < -0.39 is 35.1 Å². The molecule has 3 amide bonds. The second-order valence-electron chi connectivity index (χ2n) is 12.6. The van der Waals surface area contributed by atoms with Gasteiger partial charge in [0.2, 0.25) is 11.8 Å². The van der Waals surface area contributed by atoms with E-state index in [2.05, 4.69) is 13.2 Å². The highest BCUT2D eigenvalue weighted by Gasteiger charge is 2.80. The number of aliphatic hydroxyl groups is 1. The molecule has 2 bridgehead atoms. The SMILES string of the molecule is C=CCN(C(=O)C1N([C@@H](CC)CO)C(=O)[C@@H]2[C@H](C(=O)N(CC=C)c3ccc(OCC)cc3)[C@@]3(C)OC12CC3C)c1ccc(Cl)cc1. The van der Waals surface area contributed by atoms with Gasteiger partial charge in [-0.25, -0.2) is 0 Å². The van der Waals surface area contributed by atoms with Crippen LogP contribution in [0.3, 0.4) is 0 Å². The molecule has 2 aromatic rings. The van der Waals surface area contributed by atoms with Crippen LogP contribution in [-0.4, -0.2) is 77.3 Å². The van der Waals surface area contributed by atoms with Gasteiger partial charge in [-0.3, -0.25) is 14.4 Å². The minimum atomic E-state index is -1.28. The van der Waals surface area contributed by atoms with Crippen molar-refractivity contribution in [2.75, 3.05) is 36.1 Å². The molecule has 3 saturated heterocycles. The minimum Gasteiger partial charge on any atom is -0.494 e. The Morgan fingerprint density at radius 1 is 1.07 bits per heavy atom. The maximum Gasteiger partial charge on any atom is 0.253 e. The number of halogens is 1. The van der Waals surface area contributed by atoms with Crippen LogP contribution < -0.4 is 14.5 Å². The van der Waals surface area contributed by atoms with Crippen molar-refractivity contribution in [3.63, 3.8) is 0 Å². The standard InChI is InChI=1S/C36H44ClN3O6/c1-7-19-38(27-15-17-28(18-16-27)45-10-4)32(42)29-30-33(43)40(25(9-3)22-41)31(36(30)21-23(5)35(29,6)46-36)34(44)39(20-8-2)26-13-11-24(37)12-14-26/h7-8,11-18,23,25,29-31,41H,1-2,9-10,19-22H2,3-6H3/t23?,25-,29+,30-,31?,35-,36?/m0/s1. The monoisotopic (exact) mass is 649 g/mol. The summed E-state index contributed by atoms with van der Waals surface area (Å²) < 4.78 is 12.6. The summed E-state index contributed by atoms with van der Waals surface area (Å²) in [6, 6.07) is 12.4. The van der Waals surface area contributed by atoms with Gasteiger partial charge in [0.1, 0.15) is 17.4 Å². The molecule has 46 heavy (non-hydrogen) atoms. The molecule has 3 aliphatic heterocycles. The number of anilines is 2. The highest BCUT2D eigenvalue weighted by atomic mass is 35.5. The molecule has 0 aliphatic carbocycles. The molecule has 0 radical (unpaired) electrons. The second kappa shape index (κ2) is 13.2. The van der Waals surface area contributed by atoms with E-state index in [-0.39, 0.29) is 43.3 Å². The summed E-state index contributed by atoms with van der Waals surface area (Å²) in [5.74, 6) is -2.26. The zero-order valence-electron chi connectivity index (χ0n) is 27.0. The van der Waals surface area contributed by atoms with Crippen molar-refractivity contribution in [1.29, 1.82) is 0 Å². The van der Waals surface area contributed by atoms with E-state index in [4.69, 9.17) is 21.1 Å². The number of fused-ring (bicyclic) bond motifs is 1. The van der Waals surface area contributed by atoms with Crippen LogP contribution in [0.5, 0.6) is 5.75 Å². The van der Waals surface area contributed by atoms with Crippen LogP contribution in [0.1, 0.15) is 40.5 Å². The van der Waals surface area contributed by atoms with Crippen molar-refractivity contribution in [3.8, 4) is 5.75 Å². The normalized spacial score (nSPS) is 28.5. The Morgan fingerprint density at radius 3 is 2.15 bits per heavy atom. The molecule has 1 spiro atoms. The average Bonchev–Trinajstić information content (AvgIpc) is 3.56. The van der Waals surface area contributed by atoms with Crippen LogP contribution in [0.4, 0.5) is 11.4 Å². The first-order valence-electron chi connectivity index (χ1n) is 16.0. The summed E-state index contributed by atoms with van der Waals surface area (Å²) in [6.45, 7) is 16.0. The van der Waals surface area contributed by atoms with Gasteiger partial charge in [-0.15, -0.1) is 13.2 Å². The number of rotatable bonds is 13. The molecule has 5 rings (SSSR count).